The predicted molar refractivity (Wildman–Crippen MR) is 113 cm³/mol. The molecule has 0 saturated carbocycles. The summed E-state index contributed by atoms with van der Waals surface area (Å²) in [5, 5.41) is 9.67. The van der Waals surface area contributed by atoms with Crippen molar-refractivity contribution in [3.05, 3.63) is 59.9 Å². The summed E-state index contributed by atoms with van der Waals surface area (Å²) in [6, 6.07) is 11.0. The summed E-state index contributed by atoms with van der Waals surface area (Å²) >= 11 is 0. The zero-order chi connectivity index (χ0) is 21.1. The number of phenolic OH excluding ortho intramolecular Hbond substituents is 1. The van der Waals surface area contributed by atoms with E-state index in [9.17, 15) is 14.7 Å². The van der Waals surface area contributed by atoms with Crippen molar-refractivity contribution in [2.75, 3.05) is 26.7 Å². The standard InChI is InChI=1S/C23H28N4O3/c1-25-22(30)27(13-3-5-18-7-11-24-12-8-18)21(29)23(25)9-14-26(15-10-23)17-19-4-2-6-20(28)16-19/h2,4,6-8,11-12,16,28H,3,5,9-10,13-15,17H2,1H3. The molecule has 30 heavy (non-hydrogen) atoms. The molecule has 1 N–H and O–H groups in total. The fourth-order valence-corrected chi connectivity index (χ4v) is 4.58. The highest BCUT2D eigenvalue weighted by Crippen LogP contribution is 2.36. The quantitative estimate of drug-likeness (QED) is 0.744. The number of likely N-dealkylation sites (tertiary alicyclic amines) is 1. The minimum absolute atomic E-state index is 0.0540. The van der Waals surface area contributed by atoms with E-state index in [4.69, 9.17) is 0 Å². The Morgan fingerprint density at radius 1 is 1.07 bits per heavy atom. The number of phenols is 1. The number of benzene rings is 1. The molecule has 3 heterocycles. The summed E-state index contributed by atoms with van der Waals surface area (Å²) in [6.45, 7) is 2.65. The molecule has 2 aromatic rings. The predicted octanol–water partition coefficient (Wildman–Crippen LogP) is 2.65. The molecule has 0 atom stereocenters. The second kappa shape index (κ2) is 8.44. The summed E-state index contributed by atoms with van der Waals surface area (Å²) in [5.74, 6) is 0.210. The van der Waals surface area contributed by atoms with Crippen LogP contribution in [0, 0.1) is 0 Å². The van der Waals surface area contributed by atoms with Gasteiger partial charge in [-0.2, -0.15) is 0 Å². The van der Waals surface area contributed by atoms with Crippen LogP contribution in [0.5, 0.6) is 5.75 Å². The number of carbonyl (C=O) groups excluding carboxylic acids is 2. The van der Waals surface area contributed by atoms with Crippen molar-refractivity contribution in [1.29, 1.82) is 0 Å². The van der Waals surface area contributed by atoms with Gasteiger partial charge in [0.25, 0.3) is 5.91 Å². The number of amides is 3. The second-order valence-corrected chi connectivity index (χ2v) is 8.24. The van der Waals surface area contributed by atoms with Crippen LogP contribution in [0.4, 0.5) is 4.79 Å². The smallest absolute Gasteiger partial charge is 0.327 e. The van der Waals surface area contributed by atoms with Crippen LogP contribution >= 0.6 is 0 Å². The van der Waals surface area contributed by atoms with Gasteiger partial charge in [0.15, 0.2) is 0 Å². The lowest BCUT2D eigenvalue weighted by atomic mass is 9.86. The van der Waals surface area contributed by atoms with Crippen LogP contribution in [0.15, 0.2) is 48.8 Å². The molecular formula is C23H28N4O3. The van der Waals surface area contributed by atoms with E-state index in [1.807, 2.05) is 24.3 Å². The summed E-state index contributed by atoms with van der Waals surface area (Å²) in [5.41, 5.74) is 1.49. The van der Waals surface area contributed by atoms with Crippen LogP contribution in [0.1, 0.15) is 30.4 Å². The summed E-state index contributed by atoms with van der Waals surface area (Å²) in [7, 11) is 1.76. The highest BCUT2D eigenvalue weighted by atomic mass is 16.3. The van der Waals surface area contributed by atoms with Gasteiger partial charge in [-0.1, -0.05) is 12.1 Å². The third-order valence-corrected chi connectivity index (χ3v) is 6.40. The number of hydrogen-bond donors (Lipinski definition) is 1. The van der Waals surface area contributed by atoms with E-state index < -0.39 is 5.54 Å². The minimum Gasteiger partial charge on any atom is -0.508 e. The molecule has 1 spiro atoms. The molecule has 2 saturated heterocycles. The molecule has 0 bridgehead atoms. The normalized spacial score (nSPS) is 19.1. The number of urea groups is 1. The van der Waals surface area contributed by atoms with E-state index in [0.29, 0.717) is 19.4 Å². The Balaban J connectivity index is 1.36. The van der Waals surface area contributed by atoms with Gasteiger partial charge in [-0.05, 0) is 61.1 Å². The highest BCUT2D eigenvalue weighted by molar-refractivity contribution is 6.07. The third-order valence-electron chi connectivity index (χ3n) is 6.40. The monoisotopic (exact) mass is 408 g/mol. The van der Waals surface area contributed by atoms with Gasteiger partial charge in [0.2, 0.25) is 0 Å². The number of carbonyl (C=O) groups is 2. The number of imide groups is 1. The first-order valence-electron chi connectivity index (χ1n) is 10.5. The molecule has 1 aromatic heterocycles. The number of piperidine rings is 1. The molecule has 0 radical (unpaired) electrons. The van der Waals surface area contributed by atoms with Gasteiger partial charge in [0.05, 0.1) is 0 Å². The van der Waals surface area contributed by atoms with Crippen LogP contribution in [-0.4, -0.2) is 68.9 Å². The zero-order valence-corrected chi connectivity index (χ0v) is 17.3. The van der Waals surface area contributed by atoms with Crippen LogP contribution < -0.4 is 0 Å². The number of aromatic nitrogens is 1. The average molecular weight is 409 g/mol. The van der Waals surface area contributed by atoms with E-state index in [-0.39, 0.29) is 17.7 Å². The lowest BCUT2D eigenvalue weighted by Gasteiger charge is -2.40. The lowest BCUT2D eigenvalue weighted by Crippen LogP contribution is -2.55. The second-order valence-electron chi connectivity index (χ2n) is 8.24. The zero-order valence-electron chi connectivity index (χ0n) is 17.3. The van der Waals surface area contributed by atoms with Crippen molar-refractivity contribution in [1.82, 2.24) is 19.7 Å². The van der Waals surface area contributed by atoms with Gasteiger partial charge in [-0.25, -0.2) is 4.79 Å². The van der Waals surface area contributed by atoms with Crippen molar-refractivity contribution >= 4 is 11.9 Å². The largest absolute Gasteiger partial charge is 0.508 e. The molecule has 158 valence electrons. The summed E-state index contributed by atoms with van der Waals surface area (Å²) in [4.78, 5) is 35.5. The maximum atomic E-state index is 13.3. The fourth-order valence-electron chi connectivity index (χ4n) is 4.58. The number of rotatable bonds is 6. The summed E-state index contributed by atoms with van der Waals surface area (Å²) in [6.07, 6.45) is 6.34. The number of hydrogen-bond acceptors (Lipinski definition) is 5. The first-order valence-corrected chi connectivity index (χ1v) is 10.5. The van der Waals surface area contributed by atoms with E-state index in [1.165, 1.54) is 4.90 Å². The Morgan fingerprint density at radius 3 is 2.50 bits per heavy atom. The molecule has 7 nitrogen and oxygen atoms in total. The molecule has 1 aromatic carbocycles. The SMILES string of the molecule is CN1C(=O)N(CCCc2ccncc2)C(=O)C12CCN(Cc1cccc(O)c1)CC2. The van der Waals surface area contributed by atoms with E-state index in [2.05, 4.69) is 9.88 Å². The Morgan fingerprint density at radius 2 is 1.80 bits per heavy atom. The Labute approximate surface area is 176 Å². The van der Waals surface area contributed by atoms with Crippen molar-refractivity contribution in [2.24, 2.45) is 0 Å². The molecule has 3 amide bonds. The molecule has 0 unspecified atom stereocenters. The van der Waals surface area contributed by atoms with Crippen LogP contribution in [0.2, 0.25) is 0 Å². The minimum atomic E-state index is -0.719. The van der Waals surface area contributed by atoms with Crippen LogP contribution in [0.3, 0.4) is 0 Å². The Hall–Kier alpha value is -2.93. The molecule has 7 heteroatoms. The van der Waals surface area contributed by atoms with E-state index in [1.54, 1.807) is 36.5 Å². The van der Waals surface area contributed by atoms with Crippen molar-refractivity contribution in [2.45, 2.75) is 37.8 Å². The molecule has 2 aliphatic rings. The molecule has 0 aliphatic carbocycles. The van der Waals surface area contributed by atoms with Gasteiger partial charge in [0.1, 0.15) is 11.3 Å². The van der Waals surface area contributed by atoms with Gasteiger partial charge >= 0.3 is 6.03 Å². The van der Waals surface area contributed by atoms with Gasteiger partial charge in [0, 0.05) is 45.6 Å². The van der Waals surface area contributed by atoms with Crippen LogP contribution in [0.25, 0.3) is 0 Å². The van der Waals surface area contributed by atoms with E-state index >= 15 is 0 Å². The number of nitrogens with zero attached hydrogens (tertiary/aromatic N) is 4. The molecular weight excluding hydrogens is 380 g/mol. The Kier molecular flexibility index (Phi) is 5.72. The topological polar surface area (TPSA) is 77.0 Å². The fraction of sp³-hybridized carbons (Fsp3) is 0.435. The maximum absolute atomic E-state index is 13.3. The first kappa shape index (κ1) is 20.3. The average Bonchev–Trinajstić information content (AvgIpc) is 2.92. The lowest BCUT2D eigenvalue weighted by molar-refractivity contribution is -0.135. The van der Waals surface area contributed by atoms with Crippen molar-refractivity contribution < 1.29 is 14.7 Å². The van der Waals surface area contributed by atoms with Gasteiger partial charge < -0.3 is 10.0 Å². The third kappa shape index (κ3) is 3.89. The molecule has 4 rings (SSSR count). The van der Waals surface area contributed by atoms with Crippen molar-refractivity contribution in [3.8, 4) is 5.75 Å². The van der Waals surface area contributed by atoms with Crippen LogP contribution in [-0.2, 0) is 17.8 Å². The number of pyridine rings is 1. The van der Waals surface area contributed by atoms with E-state index in [0.717, 1.165) is 43.6 Å². The Bertz CT molecular complexity index is 910. The van der Waals surface area contributed by atoms with Gasteiger partial charge in [-0.15, -0.1) is 0 Å². The highest BCUT2D eigenvalue weighted by Gasteiger charge is 2.56. The first-order chi connectivity index (χ1) is 14.5. The molecule has 2 aliphatic heterocycles. The number of likely N-dealkylation sites (N-methyl/N-ethyl adjacent to an activating group) is 1. The maximum Gasteiger partial charge on any atom is 0.327 e. The van der Waals surface area contributed by atoms with Gasteiger partial charge in [-0.3, -0.25) is 19.6 Å². The summed E-state index contributed by atoms with van der Waals surface area (Å²) < 4.78 is 0. The number of aromatic hydroxyl groups is 1. The molecule has 2 fully saturated rings. The number of aryl methyl sites for hydroxylation is 1. The van der Waals surface area contributed by atoms with Crippen molar-refractivity contribution in [3.63, 3.8) is 0 Å².